The van der Waals surface area contributed by atoms with Gasteiger partial charge in [0.2, 0.25) is 0 Å². The number of fused-ring (bicyclic) bond motifs is 2. The summed E-state index contributed by atoms with van der Waals surface area (Å²) in [4.78, 5) is 12.1. The van der Waals surface area contributed by atoms with Crippen molar-refractivity contribution in [3.05, 3.63) is 35.4 Å². The summed E-state index contributed by atoms with van der Waals surface area (Å²) in [5.41, 5.74) is 1.36. The number of hydrogen-bond donors (Lipinski definition) is 0. The Balaban J connectivity index is 2.48. The molecule has 1 heterocycles. The Bertz CT molecular complexity index is 661. The van der Waals surface area contributed by atoms with Crippen LogP contribution in [-0.4, -0.2) is 26.6 Å². The largest absolute Gasteiger partial charge is 0.496 e. The third-order valence-corrected chi connectivity index (χ3v) is 3.39. The molecule has 0 unspecified atom stereocenters. The van der Waals surface area contributed by atoms with Gasteiger partial charge in [0.15, 0.2) is 5.78 Å². The van der Waals surface area contributed by atoms with E-state index in [9.17, 15) is 4.79 Å². The van der Waals surface area contributed by atoms with Crippen LogP contribution in [0.25, 0.3) is 10.8 Å². The zero-order valence-corrected chi connectivity index (χ0v) is 10.9. The first-order valence-corrected chi connectivity index (χ1v) is 6.04. The highest BCUT2D eigenvalue weighted by Crippen LogP contribution is 2.42. The van der Waals surface area contributed by atoms with Crippen LogP contribution in [0.4, 0.5) is 0 Å². The molecule has 0 aromatic heterocycles. The fourth-order valence-corrected chi connectivity index (χ4v) is 2.62. The molecule has 0 N–H and O–H groups in total. The first-order valence-electron chi connectivity index (χ1n) is 6.04. The second-order valence-electron chi connectivity index (χ2n) is 4.38. The maximum absolute atomic E-state index is 12.1. The predicted molar refractivity (Wildman–Crippen MR) is 71.0 cm³/mol. The number of ketones is 1. The van der Waals surface area contributed by atoms with Gasteiger partial charge in [0, 0.05) is 16.3 Å². The van der Waals surface area contributed by atoms with Crippen molar-refractivity contribution in [3.63, 3.8) is 0 Å². The molecule has 4 nitrogen and oxygen atoms in total. The zero-order valence-electron chi connectivity index (χ0n) is 10.9. The molecule has 2 aromatic rings. The molecule has 0 spiro atoms. The van der Waals surface area contributed by atoms with Crippen molar-refractivity contribution >= 4 is 16.6 Å². The van der Waals surface area contributed by atoms with Crippen molar-refractivity contribution < 1.29 is 19.0 Å². The molecular formula is C15H14O4. The fraction of sp³-hybridized carbons (Fsp3) is 0.267. The van der Waals surface area contributed by atoms with E-state index in [2.05, 4.69) is 0 Å². The molecule has 0 amide bonds. The monoisotopic (exact) mass is 258 g/mol. The van der Waals surface area contributed by atoms with E-state index in [1.165, 1.54) is 0 Å². The topological polar surface area (TPSA) is 44.8 Å². The van der Waals surface area contributed by atoms with Crippen molar-refractivity contribution in [2.45, 2.75) is 6.61 Å². The summed E-state index contributed by atoms with van der Waals surface area (Å²) >= 11 is 0. The van der Waals surface area contributed by atoms with Crippen LogP contribution in [0.2, 0.25) is 0 Å². The number of carbonyl (C=O) groups excluding carboxylic acids is 1. The summed E-state index contributed by atoms with van der Waals surface area (Å²) in [5, 5.41) is 1.81. The van der Waals surface area contributed by atoms with Crippen molar-refractivity contribution in [2.75, 3.05) is 20.8 Å². The summed E-state index contributed by atoms with van der Waals surface area (Å²) in [7, 11) is 3.19. The second-order valence-corrected chi connectivity index (χ2v) is 4.38. The van der Waals surface area contributed by atoms with Gasteiger partial charge in [0.25, 0.3) is 0 Å². The average Bonchev–Trinajstić information content (AvgIpc) is 2.45. The van der Waals surface area contributed by atoms with Crippen molar-refractivity contribution in [2.24, 2.45) is 0 Å². The SMILES string of the molecule is COc1c2c(c(OC)c3ccccc13)C(=O)COC2. The van der Waals surface area contributed by atoms with E-state index in [0.717, 1.165) is 16.3 Å². The fourth-order valence-electron chi connectivity index (χ4n) is 2.62. The summed E-state index contributed by atoms with van der Waals surface area (Å²) in [6.45, 7) is 0.455. The van der Waals surface area contributed by atoms with E-state index in [1.54, 1.807) is 14.2 Å². The van der Waals surface area contributed by atoms with Crippen LogP contribution in [-0.2, 0) is 11.3 Å². The van der Waals surface area contributed by atoms with Crippen molar-refractivity contribution in [1.82, 2.24) is 0 Å². The highest BCUT2D eigenvalue weighted by molar-refractivity contribution is 6.09. The van der Waals surface area contributed by atoms with E-state index < -0.39 is 0 Å². The zero-order chi connectivity index (χ0) is 13.4. The molecule has 2 aromatic carbocycles. The maximum atomic E-state index is 12.1. The summed E-state index contributed by atoms with van der Waals surface area (Å²) < 4.78 is 16.3. The Hall–Kier alpha value is -2.07. The van der Waals surface area contributed by atoms with Crippen molar-refractivity contribution in [1.29, 1.82) is 0 Å². The van der Waals surface area contributed by atoms with Gasteiger partial charge >= 0.3 is 0 Å². The Morgan fingerprint density at radius 1 is 1.00 bits per heavy atom. The maximum Gasteiger partial charge on any atom is 0.192 e. The number of Topliss-reactive ketones (excluding diaryl/α,β-unsaturated/α-hetero) is 1. The third kappa shape index (κ3) is 1.68. The van der Waals surface area contributed by atoms with E-state index >= 15 is 0 Å². The lowest BCUT2D eigenvalue weighted by Gasteiger charge is -2.23. The van der Waals surface area contributed by atoms with Gasteiger partial charge in [-0.25, -0.2) is 0 Å². The molecule has 0 atom stereocenters. The standard InChI is InChI=1S/C15H14O4/c1-17-14-9-5-3-4-6-10(9)15(18-2)13-11(14)7-19-8-12(13)16/h3-6H,7-8H2,1-2H3. The number of methoxy groups -OCH3 is 2. The van der Waals surface area contributed by atoms with E-state index in [4.69, 9.17) is 14.2 Å². The van der Waals surface area contributed by atoms with E-state index in [1.807, 2.05) is 24.3 Å². The second kappa shape index (κ2) is 4.55. The number of benzene rings is 2. The number of rotatable bonds is 2. The summed E-state index contributed by atoms with van der Waals surface area (Å²) in [6.07, 6.45) is 0. The molecule has 0 bridgehead atoms. The molecule has 3 rings (SSSR count). The van der Waals surface area contributed by atoms with Gasteiger partial charge in [0.05, 0.1) is 26.4 Å². The molecule has 0 aliphatic carbocycles. The summed E-state index contributed by atoms with van der Waals surface area (Å²) in [5.74, 6) is 1.24. The molecule has 0 radical (unpaired) electrons. The molecule has 1 aliphatic rings. The van der Waals surface area contributed by atoms with Crippen LogP contribution < -0.4 is 9.47 Å². The van der Waals surface area contributed by atoms with Crippen LogP contribution in [0.3, 0.4) is 0 Å². The minimum Gasteiger partial charge on any atom is -0.496 e. The molecule has 1 aliphatic heterocycles. The highest BCUT2D eigenvalue weighted by atomic mass is 16.5. The summed E-state index contributed by atoms with van der Waals surface area (Å²) in [6, 6.07) is 7.73. The van der Waals surface area contributed by atoms with Crippen LogP contribution in [0.15, 0.2) is 24.3 Å². The van der Waals surface area contributed by atoms with Gasteiger partial charge in [-0.3, -0.25) is 4.79 Å². The minimum absolute atomic E-state index is 0.0675. The molecular weight excluding hydrogens is 244 g/mol. The lowest BCUT2D eigenvalue weighted by molar-refractivity contribution is 0.0655. The van der Waals surface area contributed by atoms with E-state index in [0.29, 0.717) is 23.7 Å². The normalized spacial score (nSPS) is 14.3. The number of ether oxygens (including phenoxy) is 3. The van der Waals surface area contributed by atoms with Gasteiger partial charge in [-0.1, -0.05) is 24.3 Å². The highest BCUT2D eigenvalue weighted by Gasteiger charge is 2.28. The molecule has 98 valence electrons. The Kier molecular flexibility index (Phi) is 2.87. The lowest BCUT2D eigenvalue weighted by Crippen LogP contribution is -2.20. The Morgan fingerprint density at radius 3 is 2.26 bits per heavy atom. The van der Waals surface area contributed by atoms with Gasteiger partial charge in [-0.15, -0.1) is 0 Å². The quantitative estimate of drug-likeness (QED) is 0.830. The Morgan fingerprint density at radius 2 is 1.63 bits per heavy atom. The van der Waals surface area contributed by atoms with Crippen LogP contribution >= 0.6 is 0 Å². The van der Waals surface area contributed by atoms with Gasteiger partial charge in [-0.05, 0) is 0 Å². The molecule has 0 fully saturated rings. The van der Waals surface area contributed by atoms with Crippen LogP contribution in [0.1, 0.15) is 15.9 Å². The number of hydrogen-bond acceptors (Lipinski definition) is 4. The van der Waals surface area contributed by atoms with Gasteiger partial charge in [-0.2, -0.15) is 0 Å². The molecule has 19 heavy (non-hydrogen) atoms. The molecule has 0 saturated heterocycles. The molecule has 0 saturated carbocycles. The third-order valence-electron chi connectivity index (χ3n) is 3.39. The molecule has 4 heteroatoms. The van der Waals surface area contributed by atoms with Crippen molar-refractivity contribution in [3.8, 4) is 11.5 Å². The first-order chi connectivity index (χ1) is 9.27. The van der Waals surface area contributed by atoms with Gasteiger partial charge < -0.3 is 14.2 Å². The predicted octanol–water partition coefficient (Wildman–Crippen LogP) is 2.57. The first kappa shape index (κ1) is 12.0. The lowest BCUT2D eigenvalue weighted by atomic mass is 9.94. The smallest absolute Gasteiger partial charge is 0.192 e. The van der Waals surface area contributed by atoms with Crippen LogP contribution in [0.5, 0.6) is 11.5 Å². The van der Waals surface area contributed by atoms with Crippen LogP contribution in [0, 0.1) is 0 Å². The average molecular weight is 258 g/mol. The van der Waals surface area contributed by atoms with E-state index in [-0.39, 0.29) is 12.4 Å². The minimum atomic E-state index is -0.0675. The number of carbonyl (C=O) groups is 1. The Labute approximate surface area is 110 Å². The van der Waals surface area contributed by atoms with Gasteiger partial charge in [0.1, 0.15) is 18.1 Å².